The van der Waals surface area contributed by atoms with Crippen LogP contribution in [0.2, 0.25) is 0 Å². The van der Waals surface area contributed by atoms with Gasteiger partial charge in [-0.25, -0.2) is 9.67 Å². The fourth-order valence-corrected chi connectivity index (χ4v) is 8.12. The molecule has 0 saturated heterocycles. The number of fused-ring (bicyclic) bond motifs is 1. The van der Waals surface area contributed by atoms with Gasteiger partial charge in [-0.05, 0) is 70.1 Å². The van der Waals surface area contributed by atoms with E-state index in [4.69, 9.17) is 15.3 Å². The van der Waals surface area contributed by atoms with Crippen LogP contribution in [-0.4, -0.2) is 37.6 Å². The molecule has 0 spiro atoms. The Hall–Kier alpha value is -7.19. The lowest BCUT2D eigenvalue weighted by atomic mass is 9.77. The molecule has 8 heteroatoms. The lowest BCUT2D eigenvalue weighted by Gasteiger charge is -2.36. The number of hydrogen-bond donors (Lipinski definition) is 1. The molecule has 1 amide bonds. The maximum atomic E-state index is 13.6. The number of carbonyl (C=O) groups is 1. The third-order valence-corrected chi connectivity index (χ3v) is 10.8. The molecule has 0 bridgehead atoms. The Morgan fingerprint density at radius 1 is 0.684 bits per heavy atom. The first-order valence-corrected chi connectivity index (χ1v) is 19.4. The summed E-state index contributed by atoms with van der Waals surface area (Å²) >= 11 is 0. The quantitative estimate of drug-likeness (QED) is 0.140. The van der Waals surface area contributed by atoms with Gasteiger partial charge in [-0.15, -0.1) is 5.10 Å². The van der Waals surface area contributed by atoms with E-state index in [1.54, 1.807) is 0 Å². The molecule has 0 fully saturated rings. The van der Waals surface area contributed by atoms with Crippen LogP contribution >= 0.6 is 0 Å². The van der Waals surface area contributed by atoms with Crippen molar-refractivity contribution < 1.29 is 4.79 Å². The van der Waals surface area contributed by atoms with E-state index in [1.165, 1.54) is 5.56 Å². The zero-order valence-electron chi connectivity index (χ0n) is 31.7. The Balaban J connectivity index is 1.22. The second-order valence-corrected chi connectivity index (χ2v) is 14.5. The van der Waals surface area contributed by atoms with Crippen LogP contribution < -0.4 is 10.2 Å². The summed E-state index contributed by atoms with van der Waals surface area (Å²) in [6, 6.07) is 59.8. The Morgan fingerprint density at radius 2 is 1.28 bits per heavy atom. The maximum absolute atomic E-state index is 13.6. The van der Waals surface area contributed by atoms with Crippen LogP contribution in [-0.2, 0) is 23.2 Å². The molecule has 3 heterocycles. The van der Waals surface area contributed by atoms with Crippen molar-refractivity contribution in [1.82, 2.24) is 25.2 Å². The molecule has 57 heavy (non-hydrogen) atoms. The number of nitrogens with one attached hydrogen (secondary N) is 1. The number of amides is 1. The first kappa shape index (κ1) is 35.5. The van der Waals surface area contributed by atoms with Crippen molar-refractivity contribution in [3.8, 4) is 22.6 Å². The lowest BCUT2D eigenvalue weighted by Crippen LogP contribution is -2.39. The average Bonchev–Trinajstić information content (AvgIpc) is 3.76. The fraction of sp³-hybridized carbons (Fsp3) is 0.122. The monoisotopic (exact) mass is 743 g/mol. The summed E-state index contributed by atoms with van der Waals surface area (Å²) in [4.78, 5) is 21.3. The Morgan fingerprint density at radius 3 is 1.95 bits per heavy atom. The summed E-state index contributed by atoms with van der Waals surface area (Å²) in [7, 11) is 0. The van der Waals surface area contributed by atoms with E-state index in [0.29, 0.717) is 17.2 Å². The fourth-order valence-electron chi connectivity index (χ4n) is 8.12. The van der Waals surface area contributed by atoms with Crippen molar-refractivity contribution >= 4 is 23.1 Å². The van der Waals surface area contributed by atoms with E-state index in [-0.39, 0.29) is 12.3 Å². The molecule has 6 aromatic carbocycles. The molecular formula is C49H41N7O. The smallest absolute Gasteiger partial charge is 0.228 e. The van der Waals surface area contributed by atoms with Crippen molar-refractivity contribution in [2.75, 3.05) is 16.8 Å². The molecule has 0 radical (unpaired) electrons. The van der Waals surface area contributed by atoms with E-state index in [1.807, 2.05) is 84.4 Å². The molecule has 0 atom stereocenters. The maximum Gasteiger partial charge on any atom is 0.228 e. The highest BCUT2D eigenvalue weighted by Gasteiger charge is 2.42. The number of carbonyl (C=O) groups excluding carboxylic acids is 1. The second-order valence-electron chi connectivity index (χ2n) is 14.5. The van der Waals surface area contributed by atoms with Crippen LogP contribution in [0.5, 0.6) is 0 Å². The minimum absolute atomic E-state index is 0.100. The number of aromatic nitrogens is 5. The predicted molar refractivity (Wildman–Crippen MR) is 226 cm³/mol. The highest BCUT2D eigenvalue weighted by Crippen LogP contribution is 2.44. The lowest BCUT2D eigenvalue weighted by molar-refractivity contribution is -0.115. The number of nitrogens with zero attached hydrogens (tertiary/aromatic N) is 6. The Kier molecular flexibility index (Phi) is 9.66. The number of pyridine rings is 1. The van der Waals surface area contributed by atoms with E-state index in [9.17, 15) is 4.79 Å². The van der Waals surface area contributed by atoms with Gasteiger partial charge in [0.15, 0.2) is 5.82 Å². The topological polar surface area (TPSA) is 88.8 Å². The molecule has 2 aromatic heterocycles. The van der Waals surface area contributed by atoms with Gasteiger partial charge in [-0.2, -0.15) is 0 Å². The molecule has 278 valence electrons. The first-order valence-electron chi connectivity index (χ1n) is 19.4. The number of aryl methyl sites for hydroxylation is 2. The molecule has 0 saturated carbocycles. The van der Waals surface area contributed by atoms with Crippen molar-refractivity contribution in [1.29, 1.82) is 0 Å². The molecule has 1 aliphatic rings. The van der Waals surface area contributed by atoms with Crippen LogP contribution in [0.3, 0.4) is 0 Å². The largest absolute Gasteiger partial charge is 0.326 e. The molecule has 1 aliphatic heterocycles. The number of tetrazole rings is 1. The minimum Gasteiger partial charge on any atom is -0.326 e. The van der Waals surface area contributed by atoms with Crippen LogP contribution in [0.4, 0.5) is 17.2 Å². The number of anilines is 3. The van der Waals surface area contributed by atoms with E-state index in [2.05, 4.69) is 119 Å². The first-order chi connectivity index (χ1) is 28.1. The summed E-state index contributed by atoms with van der Waals surface area (Å²) < 4.78 is 1.95. The average molecular weight is 744 g/mol. The molecular weight excluding hydrogens is 703 g/mol. The summed E-state index contributed by atoms with van der Waals surface area (Å²) in [5.41, 5.74) is 9.60. The second kappa shape index (κ2) is 15.5. The standard InChI is InChI=1S/C49H41N7O/c1-35-27-29-36(30-28-35)32-47(57)50-41-33-44(51-46(34-41)55-31-15-17-37-16-11-14-26-45(37)55)42-24-12-13-25-43(42)48-52-53-54-56(48)49(38-18-5-2-6-19-38,39-20-7-3-8-21-39)40-22-9-4-10-23-40/h2-14,16,18-30,33-34H,15,17,31-32H2,1H3,(H,50,51,57). The van der Waals surface area contributed by atoms with Crippen molar-refractivity contribution in [2.45, 2.75) is 31.7 Å². The molecule has 0 unspecified atom stereocenters. The molecule has 9 rings (SSSR count). The number of para-hydroxylation sites is 1. The van der Waals surface area contributed by atoms with Gasteiger partial charge in [-0.1, -0.05) is 163 Å². The number of rotatable bonds is 10. The van der Waals surface area contributed by atoms with Gasteiger partial charge in [0.1, 0.15) is 11.4 Å². The van der Waals surface area contributed by atoms with E-state index in [0.717, 1.165) is 69.8 Å². The number of benzene rings is 6. The van der Waals surface area contributed by atoms with Crippen LogP contribution in [0.25, 0.3) is 22.6 Å². The van der Waals surface area contributed by atoms with Gasteiger partial charge in [-0.3, -0.25) is 4.79 Å². The van der Waals surface area contributed by atoms with Gasteiger partial charge in [0.2, 0.25) is 5.91 Å². The number of hydrogen-bond acceptors (Lipinski definition) is 6. The minimum atomic E-state index is -0.933. The van der Waals surface area contributed by atoms with Crippen LogP contribution in [0.15, 0.2) is 176 Å². The Bertz CT molecular complexity index is 2550. The Labute approximate surface area is 332 Å². The predicted octanol–water partition coefficient (Wildman–Crippen LogP) is 9.82. The van der Waals surface area contributed by atoms with E-state index >= 15 is 0 Å². The van der Waals surface area contributed by atoms with Crippen LogP contribution in [0.1, 0.15) is 39.8 Å². The van der Waals surface area contributed by atoms with Crippen molar-refractivity contribution in [3.05, 3.63) is 209 Å². The van der Waals surface area contributed by atoms with Crippen molar-refractivity contribution in [2.24, 2.45) is 0 Å². The van der Waals surface area contributed by atoms with Gasteiger partial charge in [0.05, 0.1) is 12.1 Å². The summed E-state index contributed by atoms with van der Waals surface area (Å²) in [5, 5.41) is 17.2. The highest BCUT2D eigenvalue weighted by molar-refractivity contribution is 5.94. The zero-order chi connectivity index (χ0) is 38.6. The molecule has 8 nitrogen and oxygen atoms in total. The third kappa shape index (κ3) is 6.87. The van der Waals surface area contributed by atoms with Gasteiger partial charge >= 0.3 is 0 Å². The van der Waals surface area contributed by atoms with Gasteiger partial charge in [0.25, 0.3) is 0 Å². The highest BCUT2D eigenvalue weighted by atomic mass is 16.1. The third-order valence-electron chi connectivity index (χ3n) is 10.8. The molecule has 0 aliphatic carbocycles. The van der Waals surface area contributed by atoms with Gasteiger partial charge < -0.3 is 10.2 Å². The van der Waals surface area contributed by atoms with E-state index < -0.39 is 5.54 Å². The SMILES string of the molecule is Cc1ccc(CC(=O)Nc2cc(-c3ccccc3-c3nnnn3C(c3ccccc3)(c3ccccc3)c3ccccc3)nc(N3CCCc4ccccc43)c2)cc1. The summed E-state index contributed by atoms with van der Waals surface area (Å²) in [6.45, 7) is 2.85. The molecule has 8 aromatic rings. The van der Waals surface area contributed by atoms with Crippen molar-refractivity contribution in [3.63, 3.8) is 0 Å². The summed E-state index contributed by atoms with van der Waals surface area (Å²) in [5.74, 6) is 1.23. The summed E-state index contributed by atoms with van der Waals surface area (Å²) in [6.07, 6.45) is 2.25. The van der Waals surface area contributed by atoms with Crippen LogP contribution in [0, 0.1) is 6.92 Å². The van der Waals surface area contributed by atoms with Gasteiger partial charge in [0, 0.05) is 35.1 Å². The zero-order valence-corrected chi connectivity index (χ0v) is 31.7. The molecule has 1 N–H and O–H groups in total. The normalized spacial score (nSPS) is 12.5.